The number of unbranched alkanes of at least 4 members (excludes halogenated alkanes) is 9. The number of carbonyl (C=O) groups is 1. The standard InChI is InChI=1S/C21H42NO2.BrH/c1-6-8-9-10-11-12-13-14-15-16-17-22(5,20(3)4)18-19-24-21(23)7-2;/h7,20H,2,6,8-19H2,1,3-5H3;1H/q+1;/p-1. The van der Waals surface area contributed by atoms with Gasteiger partial charge >= 0.3 is 5.97 Å². The maximum absolute atomic E-state index is 11.2. The Morgan fingerprint density at radius 3 is 1.88 bits per heavy atom. The minimum atomic E-state index is -0.316. The van der Waals surface area contributed by atoms with Gasteiger partial charge in [-0.15, -0.1) is 0 Å². The molecule has 0 aliphatic heterocycles. The lowest BCUT2D eigenvalue weighted by molar-refractivity contribution is -0.930. The summed E-state index contributed by atoms with van der Waals surface area (Å²) in [4.78, 5) is 11.2. The van der Waals surface area contributed by atoms with Crippen molar-refractivity contribution in [3.63, 3.8) is 0 Å². The molecular formula is C21H42BrNO2. The maximum atomic E-state index is 11.2. The van der Waals surface area contributed by atoms with E-state index in [9.17, 15) is 4.79 Å². The number of rotatable bonds is 16. The van der Waals surface area contributed by atoms with Crippen LogP contribution in [0, 0.1) is 0 Å². The number of carbonyl (C=O) groups excluding carboxylic acids is 1. The van der Waals surface area contributed by atoms with Crippen molar-refractivity contribution in [1.29, 1.82) is 0 Å². The van der Waals surface area contributed by atoms with E-state index in [2.05, 4.69) is 34.4 Å². The summed E-state index contributed by atoms with van der Waals surface area (Å²) in [5, 5.41) is 0. The molecule has 1 unspecified atom stereocenters. The summed E-state index contributed by atoms with van der Waals surface area (Å²) < 4.78 is 6.14. The molecule has 0 aliphatic carbocycles. The first-order valence-electron chi connectivity index (χ1n) is 10.1. The van der Waals surface area contributed by atoms with Gasteiger partial charge in [0.05, 0.1) is 19.6 Å². The van der Waals surface area contributed by atoms with E-state index in [-0.39, 0.29) is 23.0 Å². The molecule has 0 N–H and O–H groups in total. The Hall–Kier alpha value is -0.350. The summed E-state index contributed by atoms with van der Waals surface area (Å²) in [6, 6.07) is 0.547. The van der Waals surface area contributed by atoms with Crippen molar-refractivity contribution in [1.82, 2.24) is 0 Å². The van der Waals surface area contributed by atoms with Crippen LogP contribution in [0.3, 0.4) is 0 Å². The second kappa shape index (κ2) is 17.1. The highest BCUT2D eigenvalue weighted by Crippen LogP contribution is 2.15. The molecule has 0 aromatic rings. The third-order valence-corrected chi connectivity index (χ3v) is 5.28. The predicted molar refractivity (Wildman–Crippen MR) is 104 cm³/mol. The van der Waals surface area contributed by atoms with Crippen molar-refractivity contribution in [2.45, 2.75) is 91.0 Å². The van der Waals surface area contributed by atoms with Crippen LogP contribution in [0.1, 0.15) is 85.0 Å². The Morgan fingerprint density at radius 2 is 1.44 bits per heavy atom. The monoisotopic (exact) mass is 419 g/mol. The zero-order chi connectivity index (χ0) is 18.3. The highest BCUT2D eigenvalue weighted by molar-refractivity contribution is 5.81. The van der Waals surface area contributed by atoms with Crippen molar-refractivity contribution in [2.24, 2.45) is 0 Å². The number of esters is 1. The van der Waals surface area contributed by atoms with Crippen molar-refractivity contribution in [3.8, 4) is 0 Å². The van der Waals surface area contributed by atoms with Crippen LogP contribution in [0.15, 0.2) is 12.7 Å². The Kier molecular flexibility index (Phi) is 18.4. The molecule has 3 nitrogen and oxygen atoms in total. The molecule has 25 heavy (non-hydrogen) atoms. The molecule has 150 valence electrons. The normalized spacial score (nSPS) is 13.2. The number of ether oxygens (including phenoxy) is 1. The highest BCUT2D eigenvalue weighted by atomic mass is 79.9. The third kappa shape index (κ3) is 14.5. The van der Waals surface area contributed by atoms with Gasteiger partial charge in [-0.1, -0.05) is 64.9 Å². The predicted octanol–water partition coefficient (Wildman–Crippen LogP) is 2.50. The van der Waals surface area contributed by atoms with Gasteiger partial charge in [0.25, 0.3) is 0 Å². The largest absolute Gasteiger partial charge is 1.00 e. The summed E-state index contributed by atoms with van der Waals surface area (Å²) in [7, 11) is 2.28. The van der Waals surface area contributed by atoms with E-state index in [0.717, 1.165) is 11.0 Å². The van der Waals surface area contributed by atoms with Crippen LogP contribution in [0.5, 0.6) is 0 Å². The fourth-order valence-corrected chi connectivity index (χ4v) is 3.00. The smallest absolute Gasteiger partial charge is 0.330 e. The number of halogens is 1. The first-order chi connectivity index (χ1) is 11.5. The van der Waals surface area contributed by atoms with Crippen molar-refractivity contribution < 1.29 is 31.0 Å². The van der Waals surface area contributed by atoms with Crippen molar-refractivity contribution in [2.75, 3.05) is 26.7 Å². The van der Waals surface area contributed by atoms with Gasteiger partial charge < -0.3 is 26.2 Å². The van der Waals surface area contributed by atoms with Gasteiger partial charge in [0.1, 0.15) is 13.2 Å². The second-order valence-corrected chi connectivity index (χ2v) is 7.57. The molecule has 0 aliphatic rings. The van der Waals surface area contributed by atoms with E-state index in [4.69, 9.17) is 4.74 Å². The minimum absolute atomic E-state index is 0. The van der Waals surface area contributed by atoms with E-state index < -0.39 is 0 Å². The molecule has 1 atom stereocenters. The fourth-order valence-electron chi connectivity index (χ4n) is 3.00. The Balaban J connectivity index is 0. The average molecular weight is 420 g/mol. The highest BCUT2D eigenvalue weighted by Gasteiger charge is 2.25. The lowest BCUT2D eigenvalue weighted by Crippen LogP contribution is -3.00. The zero-order valence-corrected chi connectivity index (χ0v) is 18.8. The second-order valence-electron chi connectivity index (χ2n) is 7.57. The quantitative estimate of drug-likeness (QED) is 0.166. The SMILES string of the molecule is C=CC(=O)OCC[N+](C)(CCCCCCCCCCCC)C(C)C.[Br-]. The fraction of sp³-hybridized carbons (Fsp3) is 0.857. The van der Waals surface area contributed by atoms with Crippen LogP contribution >= 0.6 is 0 Å². The molecule has 0 rings (SSSR count). The molecule has 0 amide bonds. The topological polar surface area (TPSA) is 26.3 Å². The lowest BCUT2D eigenvalue weighted by Gasteiger charge is -2.38. The molecule has 4 heteroatoms. The van der Waals surface area contributed by atoms with Crippen LogP contribution in [-0.2, 0) is 9.53 Å². The first-order valence-corrected chi connectivity index (χ1v) is 10.1. The Morgan fingerprint density at radius 1 is 0.960 bits per heavy atom. The summed E-state index contributed by atoms with van der Waals surface area (Å²) in [6.45, 7) is 12.8. The molecule has 0 saturated carbocycles. The van der Waals surface area contributed by atoms with E-state index in [1.165, 1.54) is 76.8 Å². The lowest BCUT2D eigenvalue weighted by atomic mass is 10.1. The van der Waals surface area contributed by atoms with Gasteiger partial charge in [0.2, 0.25) is 0 Å². The van der Waals surface area contributed by atoms with E-state index in [1.807, 2.05) is 0 Å². The minimum Gasteiger partial charge on any atom is -1.00 e. The van der Waals surface area contributed by atoms with Crippen LogP contribution in [0.2, 0.25) is 0 Å². The molecule has 0 aromatic carbocycles. The molecule has 0 aromatic heterocycles. The van der Waals surface area contributed by atoms with Gasteiger partial charge in [-0.2, -0.15) is 0 Å². The van der Waals surface area contributed by atoms with Gasteiger partial charge in [-0.25, -0.2) is 4.79 Å². The van der Waals surface area contributed by atoms with E-state index >= 15 is 0 Å². The number of nitrogens with zero attached hydrogens (tertiary/aromatic N) is 1. The van der Waals surface area contributed by atoms with Gasteiger partial charge in [-0.05, 0) is 26.7 Å². The van der Waals surface area contributed by atoms with Crippen molar-refractivity contribution in [3.05, 3.63) is 12.7 Å². The van der Waals surface area contributed by atoms with Crippen LogP contribution in [-0.4, -0.2) is 43.2 Å². The molecule has 0 heterocycles. The van der Waals surface area contributed by atoms with Crippen LogP contribution in [0.4, 0.5) is 0 Å². The van der Waals surface area contributed by atoms with E-state index in [1.54, 1.807) is 0 Å². The first kappa shape index (κ1) is 26.9. The zero-order valence-electron chi connectivity index (χ0n) is 17.2. The molecule has 0 spiro atoms. The molecular weight excluding hydrogens is 378 g/mol. The summed E-state index contributed by atoms with van der Waals surface area (Å²) in [5.41, 5.74) is 0. The third-order valence-electron chi connectivity index (χ3n) is 5.28. The molecule has 0 saturated heterocycles. The van der Waals surface area contributed by atoms with Crippen molar-refractivity contribution >= 4 is 5.97 Å². The summed E-state index contributed by atoms with van der Waals surface area (Å²) in [5.74, 6) is -0.316. The number of hydrogen-bond donors (Lipinski definition) is 0. The van der Waals surface area contributed by atoms with Gasteiger partial charge in [-0.3, -0.25) is 0 Å². The van der Waals surface area contributed by atoms with Crippen LogP contribution < -0.4 is 17.0 Å². The average Bonchev–Trinajstić information content (AvgIpc) is 2.56. The molecule has 0 fully saturated rings. The van der Waals surface area contributed by atoms with Gasteiger partial charge in [0, 0.05) is 6.08 Å². The number of quaternary nitrogens is 1. The van der Waals surface area contributed by atoms with E-state index in [0.29, 0.717) is 12.6 Å². The van der Waals surface area contributed by atoms with Crippen LogP contribution in [0.25, 0.3) is 0 Å². The maximum Gasteiger partial charge on any atom is 0.330 e. The molecule has 0 radical (unpaired) electrons. The summed E-state index contributed by atoms with van der Waals surface area (Å²) in [6.07, 6.45) is 14.9. The van der Waals surface area contributed by atoms with Gasteiger partial charge in [0.15, 0.2) is 0 Å². The summed E-state index contributed by atoms with van der Waals surface area (Å²) >= 11 is 0. The Bertz CT molecular complexity index is 334. The number of hydrogen-bond acceptors (Lipinski definition) is 2. The molecule has 0 bridgehead atoms. The number of likely N-dealkylation sites (N-methyl/N-ethyl adjacent to an activating group) is 1. The Labute approximate surface area is 167 Å².